The monoisotopic (exact) mass is 606 g/mol. The fourth-order valence-electron chi connectivity index (χ4n) is 5.02. The molecule has 0 saturated carbocycles. The summed E-state index contributed by atoms with van der Waals surface area (Å²) >= 11 is 4.55. The molecule has 0 bridgehead atoms. The minimum absolute atomic E-state index is 0.195. The van der Waals surface area contributed by atoms with Crippen LogP contribution < -0.4 is 11.5 Å². The molecule has 2 aromatic carbocycles. The van der Waals surface area contributed by atoms with Crippen molar-refractivity contribution in [3.05, 3.63) is 83.4 Å². The Morgan fingerprint density at radius 2 is 0.951 bits per heavy atom. The summed E-state index contributed by atoms with van der Waals surface area (Å²) in [6, 6.07) is 19.0. The first-order chi connectivity index (χ1) is 19.9. The highest BCUT2D eigenvalue weighted by atomic mass is 32.1. The molecular weight excluding hydrogens is 571 g/mol. The van der Waals surface area contributed by atoms with Crippen LogP contribution in [0, 0.1) is 11.6 Å². The van der Waals surface area contributed by atoms with Gasteiger partial charge in [0.25, 0.3) is 0 Å². The van der Waals surface area contributed by atoms with Crippen LogP contribution in [0.2, 0.25) is 0 Å². The van der Waals surface area contributed by atoms with Crippen LogP contribution in [-0.4, -0.2) is 0 Å². The maximum atomic E-state index is 15.0. The van der Waals surface area contributed by atoms with E-state index in [4.69, 9.17) is 11.5 Å². The number of hydrogen-bond acceptors (Lipinski definition) is 5. The number of rotatable bonds is 12. The molecule has 0 saturated heterocycles. The Labute approximate surface area is 253 Å². The number of thiophene rings is 3. The lowest BCUT2D eigenvalue weighted by Gasteiger charge is -2.05. The Morgan fingerprint density at radius 1 is 0.537 bits per heavy atom. The molecular formula is C34H36F2N2S3. The summed E-state index contributed by atoms with van der Waals surface area (Å²) in [5.41, 5.74) is 17.3. The highest BCUT2D eigenvalue weighted by molar-refractivity contribution is 7.28. The number of nitrogen functional groups attached to an aromatic ring is 2. The van der Waals surface area contributed by atoms with E-state index in [2.05, 4.69) is 13.8 Å². The highest BCUT2D eigenvalue weighted by Crippen LogP contribution is 2.51. The molecule has 0 unspecified atom stereocenters. The Morgan fingerprint density at radius 3 is 1.34 bits per heavy atom. The molecule has 5 rings (SSSR count). The van der Waals surface area contributed by atoms with Crippen LogP contribution in [0.4, 0.5) is 20.2 Å². The first kappa shape index (κ1) is 29.5. The number of unbranched alkanes of at least 4 members (excludes halogenated alkanes) is 4. The van der Waals surface area contributed by atoms with E-state index in [0.29, 0.717) is 22.5 Å². The average Bonchev–Trinajstić information content (AvgIpc) is 3.70. The number of hydrogen-bond donors (Lipinski definition) is 2. The maximum absolute atomic E-state index is 15.0. The topological polar surface area (TPSA) is 52.0 Å². The average molecular weight is 607 g/mol. The number of benzene rings is 2. The van der Waals surface area contributed by atoms with E-state index < -0.39 is 0 Å². The van der Waals surface area contributed by atoms with Crippen molar-refractivity contribution in [3.63, 3.8) is 0 Å². The van der Waals surface area contributed by atoms with Crippen molar-refractivity contribution >= 4 is 45.4 Å². The van der Waals surface area contributed by atoms with Crippen LogP contribution in [0.5, 0.6) is 0 Å². The van der Waals surface area contributed by atoms with Crippen molar-refractivity contribution in [1.29, 1.82) is 0 Å². The first-order valence-corrected chi connectivity index (χ1v) is 16.8. The van der Waals surface area contributed by atoms with E-state index in [0.717, 1.165) is 91.8 Å². The van der Waals surface area contributed by atoms with Crippen molar-refractivity contribution in [3.8, 4) is 40.4 Å². The number of anilines is 2. The smallest absolute Gasteiger partial charge is 0.132 e. The van der Waals surface area contributed by atoms with Crippen molar-refractivity contribution in [2.45, 2.75) is 65.2 Å². The van der Waals surface area contributed by atoms with Gasteiger partial charge in [0.15, 0.2) is 0 Å². The summed E-state index contributed by atoms with van der Waals surface area (Å²) in [4.78, 5) is 5.38. The molecule has 0 atom stereocenters. The molecule has 0 aliphatic heterocycles. The van der Waals surface area contributed by atoms with E-state index in [1.54, 1.807) is 12.1 Å². The minimum atomic E-state index is -0.195. The molecule has 2 nitrogen and oxygen atoms in total. The minimum Gasteiger partial charge on any atom is -0.396 e. The molecule has 0 fully saturated rings. The van der Waals surface area contributed by atoms with Crippen LogP contribution in [0.1, 0.15) is 63.5 Å². The number of halogens is 2. The third-order valence-corrected chi connectivity index (χ3v) is 11.2. The Bertz CT molecular complexity index is 1510. The number of aryl methyl sites for hydroxylation is 2. The predicted octanol–water partition coefficient (Wildman–Crippen LogP) is 11.4. The summed E-state index contributed by atoms with van der Waals surface area (Å²) in [6.45, 7) is 4.34. The summed E-state index contributed by atoms with van der Waals surface area (Å²) in [5, 5.41) is 0. The van der Waals surface area contributed by atoms with Crippen molar-refractivity contribution in [1.82, 2.24) is 0 Å². The molecule has 41 heavy (non-hydrogen) atoms. The molecule has 214 valence electrons. The van der Waals surface area contributed by atoms with Gasteiger partial charge < -0.3 is 11.5 Å². The summed E-state index contributed by atoms with van der Waals surface area (Å²) in [7, 11) is 0. The van der Waals surface area contributed by atoms with Gasteiger partial charge in [-0.2, -0.15) is 0 Å². The van der Waals surface area contributed by atoms with Gasteiger partial charge in [-0.25, -0.2) is 8.78 Å². The second-order valence-corrected chi connectivity index (χ2v) is 13.6. The zero-order valence-electron chi connectivity index (χ0n) is 23.6. The first-order valence-electron chi connectivity index (χ1n) is 14.3. The van der Waals surface area contributed by atoms with Crippen LogP contribution in [-0.2, 0) is 12.8 Å². The lowest BCUT2D eigenvalue weighted by molar-refractivity contribution is 0.626. The van der Waals surface area contributed by atoms with Gasteiger partial charge in [-0.15, -0.1) is 34.0 Å². The zero-order chi connectivity index (χ0) is 28.9. The molecule has 0 spiro atoms. The second kappa shape index (κ2) is 13.3. The van der Waals surface area contributed by atoms with E-state index in [9.17, 15) is 0 Å². The van der Waals surface area contributed by atoms with Gasteiger partial charge in [0.2, 0.25) is 0 Å². The third-order valence-electron chi connectivity index (χ3n) is 7.38. The van der Waals surface area contributed by atoms with Crippen LogP contribution >= 0.6 is 34.0 Å². The van der Waals surface area contributed by atoms with Gasteiger partial charge in [0.1, 0.15) is 11.6 Å². The van der Waals surface area contributed by atoms with E-state index in [1.165, 1.54) is 34.0 Å². The predicted molar refractivity (Wildman–Crippen MR) is 177 cm³/mol. The highest BCUT2D eigenvalue weighted by Gasteiger charge is 2.20. The Balaban J connectivity index is 1.36. The summed E-state index contributed by atoms with van der Waals surface area (Å²) in [5.74, 6) is -0.391. The fraction of sp³-hybridized carbons (Fsp3) is 0.294. The Kier molecular flexibility index (Phi) is 9.58. The summed E-state index contributed by atoms with van der Waals surface area (Å²) in [6.07, 6.45) is 8.55. The SMILES string of the molecule is CCCCCc1ccc(-c2ccc(-c3sc(-c4ccc(-c5ccc(CCCCC)cc5F)s4)c(N)c3N)s2)c(F)c1. The van der Waals surface area contributed by atoms with Crippen molar-refractivity contribution < 1.29 is 8.78 Å². The van der Waals surface area contributed by atoms with Crippen LogP contribution in [0.3, 0.4) is 0 Å². The van der Waals surface area contributed by atoms with E-state index >= 15 is 8.78 Å². The van der Waals surface area contributed by atoms with Crippen molar-refractivity contribution in [2.24, 2.45) is 0 Å². The van der Waals surface area contributed by atoms with Crippen LogP contribution in [0.15, 0.2) is 60.7 Å². The van der Waals surface area contributed by atoms with Gasteiger partial charge in [0, 0.05) is 30.6 Å². The molecule has 0 amide bonds. The fourth-order valence-corrected chi connectivity index (χ4v) is 8.47. The Hall–Kier alpha value is -3.00. The molecule has 5 aromatic rings. The summed E-state index contributed by atoms with van der Waals surface area (Å²) < 4.78 is 30.1. The molecule has 0 aliphatic rings. The van der Waals surface area contributed by atoms with E-state index in [1.807, 2.05) is 48.5 Å². The van der Waals surface area contributed by atoms with Gasteiger partial charge in [-0.1, -0.05) is 63.8 Å². The van der Waals surface area contributed by atoms with Gasteiger partial charge >= 0.3 is 0 Å². The zero-order valence-corrected chi connectivity index (χ0v) is 26.0. The van der Waals surface area contributed by atoms with Gasteiger partial charge in [-0.05, 0) is 73.2 Å². The van der Waals surface area contributed by atoms with E-state index in [-0.39, 0.29) is 11.6 Å². The molecule has 3 aromatic heterocycles. The van der Waals surface area contributed by atoms with Crippen LogP contribution in [0.25, 0.3) is 40.4 Å². The molecule has 3 heterocycles. The second-order valence-electron chi connectivity index (χ2n) is 10.5. The maximum Gasteiger partial charge on any atom is 0.132 e. The lowest BCUT2D eigenvalue weighted by atomic mass is 10.0. The molecule has 7 heteroatoms. The standard InChI is InChI=1S/C34H36F2N2S3/c1-3-5-7-9-21-11-13-23(25(35)19-21)27-15-17-29(39-27)33-31(37)32(38)34(41-33)30-18-16-28(40-30)24-14-12-22(20-26(24)36)10-8-6-4-2/h11-20H,3-10,37-38H2,1-2H3. The van der Waals surface area contributed by atoms with Crippen molar-refractivity contribution in [2.75, 3.05) is 11.5 Å². The largest absolute Gasteiger partial charge is 0.396 e. The number of nitrogens with two attached hydrogens (primary N) is 2. The van der Waals surface area contributed by atoms with Gasteiger partial charge in [0.05, 0.1) is 21.1 Å². The molecule has 0 radical (unpaired) electrons. The lowest BCUT2D eigenvalue weighted by Crippen LogP contribution is -1.92. The normalized spacial score (nSPS) is 11.4. The van der Waals surface area contributed by atoms with Gasteiger partial charge in [-0.3, -0.25) is 0 Å². The molecule has 4 N–H and O–H groups in total. The quantitative estimate of drug-likeness (QED) is 0.139. The third kappa shape index (κ3) is 6.58. The molecule has 0 aliphatic carbocycles.